The summed E-state index contributed by atoms with van der Waals surface area (Å²) < 4.78 is 11.1. The molecule has 0 unspecified atom stereocenters. The fraction of sp³-hybridized carbons (Fsp3) is 0.444. The molecule has 0 spiro atoms. The minimum absolute atomic E-state index is 0.0227. The molecule has 6 heteroatoms. The van der Waals surface area contributed by atoms with E-state index in [2.05, 4.69) is 4.98 Å². The van der Waals surface area contributed by atoms with Gasteiger partial charge in [-0.3, -0.25) is 4.79 Å². The van der Waals surface area contributed by atoms with Crippen molar-refractivity contribution in [3.63, 3.8) is 0 Å². The van der Waals surface area contributed by atoms with Gasteiger partial charge in [-0.2, -0.15) is 0 Å². The second-order valence-electron chi connectivity index (χ2n) is 5.96. The number of ether oxygens (including phenoxy) is 2. The first kappa shape index (κ1) is 16.9. The summed E-state index contributed by atoms with van der Waals surface area (Å²) in [6, 6.07) is 7.79. The Bertz CT molecular complexity index is 689. The molecule has 1 aliphatic rings. The number of aromatic nitrogens is 1. The quantitative estimate of drug-likeness (QED) is 0.851. The molecule has 5 nitrogen and oxygen atoms in total. The van der Waals surface area contributed by atoms with Crippen molar-refractivity contribution in [2.75, 3.05) is 19.7 Å². The van der Waals surface area contributed by atoms with Crippen LogP contribution in [0.1, 0.15) is 31.3 Å². The smallest absolute Gasteiger partial charge is 0.273 e. The number of benzene rings is 1. The van der Waals surface area contributed by atoms with Crippen LogP contribution in [0.15, 0.2) is 29.6 Å². The Labute approximate surface area is 146 Å². The molecule has 1 aromatic carbocycles. The number of morpholine rings is 1. The summed E-state index contributed by atoms with van der Waals surface area (Å²) in [6.45, 7) is 7.80. The third kappa shape index (κ3) is 3.76. The summed E-state index contributed by atoms with van der Waals surface area (Å²) in [5.41, 5.74) is 1.50. The van der Waals surface area contributed by atoms with Crippen LogP contribution in [0.2, 0.25) is 0 Å². The number of carbonyl (C=O) groups is 1. The van der Waals surface area contributed by atoms with Gasteiger partial charge in [0.05, 0.1) is 18.8 Å². The molecule has 3 rings (SSSR count). The van der Waals surface area contributed by atoms with Crippen LogP contribution in [0.5, 0.6) is 5.75 Å². The number of hydrogen-bond acceptors (Lipinski definition) is 5. The summed E-state index contributed by atoms with van der Waals surface area (Å²) >= 11 is 1.49. The fourth-order valence-corrected chi connectivity index (χ4v) is 3.67. The molecule has 2 atom stereocenters. The topological polar surface area (TPSA) is 51.7 Å². The van der Waals surface area contributed by atoms with Gasteiger partial charge in [0.2, 0.25) is 0 Å². The van der Waals surface area contributed by atoms with Crippen LogP contribution in [-0.4, -0.2) is 47.7 Å². The maximum Gasteiger partial charge on any atom is 0.273 e. The Morgan fingerprint density at radius 3 is 2.58 bits per heavy atom. The van der Waals surface area contributed by atoms with E-state index in [1.165, 1.54) is 11.3 Å². The number of nitrogens with zero attached hydrogens (tertiary/aromatic N) is 2. The van der Waals surface area contributed by atoms with Gasteiger partial charge in [-0.1, -0.05) is 0 Å². The Morgan fingerprint density at radius 1 is 1.29 bits per heavy atom. The van der Waals surface area contributed by atoms with Crippen molar-refractivity contribution in [2.45, 2.75) is 33.0 Å². The Hall–Kier alpha value is -1.92. The molecule has 0 bridgehead atoms. The van der Waals surface area contributed by atoms with Crippen molar-refractivity contribution in [3.8, 4) is 16.3 Å². The second kappa shape index (κ2) is 7.32. The van der Waals surface area contributed by atoms with Gasteiger partial charge in [-0.15, -0.1) is 11.3 Å². The van der Waals surface area contributed by atoms with E-state index in [1.807, 2.05) is 55.3 Å². The zero-order valence-electron chi connectivity index (χ0n) is 14.2. The van der Waals surface area contributed by atoms with E-state index in [0.717, 1.165) is 16.3 Å². The van der Waals surface area contributed by atoms with Crippen LogP contribution in [0.3, 0.4) is 0 Å². The summed E-state index contributed by atoms with van der Waals surface area (Å²) in [5.74, 6) is 0.816. The number of hydrogen-bond donors (Lipinski definition) is 0. The molecule has 2 aromatic rings. The molecule has 0 radical (unpaired) electrons. The maximum absolute atomic E-state index is 12.7. The van der Waals surface area contributed by atoms with Gasteiger partial charge < -0.3 is 14.4 Å². The van der Waals surface area contributed by atoms with E-state index in [9.17, 15) is 4.79 Å². The average molecular weight is 346 g/mol. The van der Waals surface area contributed by atoms with Crippen LogP contribution >= 0.6 is 11.3 Å². The molecule has 1 aliphatic heterocycles. The third-order valence-corrected chi connectivity index (χ3v) is 4.73. The molecule has 1 aromatic heterocycles. The molecule has 1 amide bonds. The van der Waals surface area contributed by atoms with Gasteiger partial charge in [-0.05, 0) is 45.0 Å². The number of thiazole rings is 1. The lowest BCUT2D eigenvalue weighted by atomic mass is 10.2. The molecule has 24 heavy (non-hydrogen) atoms. The van der Waals surface area contributed by atoms with Crippen molar-refractivity contribution in [2.24, 2.45) is 0 Å². The first-order valence-electron chi connectivity index (χ1n) is 8.20. The minimum atomic E-state index is -0.0227. The fourth-order valence-electron chi connectivity index (χ4n) is 2.87. The Morgan fingerprint density at radius 2 is 1.96 bits per heavy atom. The lowest BCUT2D eigenvalue weighted by Gasteiger charge is -2.34. The SMILES string of the molecule is CCOc1ccc(-c2nc(C(=O)N3C[C@H](C)O[C@@H](C)C3)cs2)cc1. The number of amides is 1. The standard InChI is InChI=1S/C18H22N2O3S/c1-4-22-15-7-5-14(6-8-15)17-19-16(11-24-17)18(21)20-9-12(2)23-13(3)10-20/h5-8,11-13H,4,9-10H2,1-3H3/t12-,13-/m0/s1. The molecule has 128 valence electrons. The van der Waals surface area contributed by atoms with E-state index < -0.39 is 0 Å². The molecule has 0 saturated carbocycles. The summed E-state index contributed by atoms with van der Waals surface area (Å²) in [4.78, 5) is 19.0. The average Bonchev–Trinajstić information content (AvgIpc) is 3.04. The molecule has 1 saturated heterocycles. The van der Waals surface area contributed by atoms with Gasteiger partial charge in [0, 0.05) is 24.0 Å². The zero-order chi connectivity index (χ0) is 17.1. The van der Waals surface area contributed by atoms with Gasteiger partial charge in [0.25, 0.3) is 5.91 Å². The van der Waals surface area contributed by atoms with Gasteiger partial charge >= 0.3 is 0 Å². The molecule has 0 N–H and O–H groups in total. The Balaban J connectivity index is 1.73. The summed E-state index contributed by atoms with van der Waals surface area (Å²) in [7, 11) is 0. The predicted octanol–water partition coefficient (Wildman–Crippen LogP) is 3.46. The lowest BCUT2D eigenvalue weighted by Crippen LogP contribution is -2.48. The van der Waals surface area contributed by atoms with Crippen LogP contribution in [0.4, 0.5) is 0 Å². The van der Waals surface area contributed by atoms with Crippen molar-refractivity contribution in [1.29, 1.82) is 0 Å². The van der Waals surface area contributed by atoms with E-state index in [-0.39, 0.29) is 18.1 Å². The molecular formula is C18H22N2O3S. The highest BCUT2D eigenvalue weighted by molar-refractivity contribution is 7.13. The molecule has 1 fully saturated rings. The van der Waals surface area contributed by atoms with E-state index in [4.69, 9.17) is 9.47 Å². The van der Waals surface area contributed by atoms with Crippen LogP contribution in [0.25, 0.3) is 10.6 Å². The van der Waals surface area contributed by atoms with Crippen LogP contribution in [-0.2, 0) is 4.74 Å². The van der Waals surface area contributed by atoms with Gasteiger partial charge in [0.15, 0.2) is 0 Å². The van der Waals surface area contributed by atoms with Crippen LogP contribution < -0.4 is 4.74 Å². The largest absolute Gasteiger partial charge is 0.494 e. The van der Waals surface area contributed by atoms with Crippen molar-refractivity contribution >= 4 is 17.2 Å². The van der Waals surface area contributed by atoms with E-state index in [0.29, 0.717) is 25.4 Å². The molecule has 0 aliphatic carbocycles. The van der Waals surface area contributed by atoms with Gasteiger partial charge in [0.1, 0.15) is 16.5 Å². The van der Waals surface area contributed by atoms with Crippen molar-refractivity contribution < 1.29 is 14.3 Å². The summed E-state index contributed by atoms with van der Waals surface area (Å²) in [6.07, 6.45) is 0.115. The van der Waals surface area contributed by atoms with E-state index >= 15 is 0 Å². The van der Waals surface area contributed by atoms with Crippen molar-refractivity contribution in [1.82, 2.24) is 9.88 Å². The van der Waals surface area contributed by atoms with Crippen LogP contribution in [0, 0.1) is 0 Å². The predicted molar refractivity (Wildman–Crippen MR) is 94.6 cm³/mol. The van der Waals surface area contributed by atoms with E-state index in [1.54, 1.807) is 0 Å². The minimum Gasteiger partial charge on any atom is -0.494 e. The number of carbonyl (C=O) groups excluding carboxylic acids is 1. The highest BCUT2D eigenvalue weighted by atomic mass is 32.1. The normalized spacial score (nSPS) is 20.9. The molecular weight excluding hydrogens is 324 g/mol. The first-order valence-corrected chi connectivity index (χ1v) is 9.08. The number of rotatable bonds is 4. The molecule has 2 heterocycles. The van der Waals surface area contributed by atoms with Gasteiger partial charge in [-0.25, -0.2) is 4.98 Å². The first-order chi connectivity index (χ1) is 11.6. The summed E-state index contributed by atoms with van der Waals surface area (Å²) in [5, 5.41) is 2.68. The second-order valence-corrected chi connectivity index (χ2v) is 6.82. The zero-order valence-corrected chi connectivity index (χ0v) is 15.0. The maximum atomic E-state index is 12.7. The Kier molecular flexibility index (Phi) is 5.16. The highest BCUT2D eigenvalue weighted by Gasteiger charge is 2.27. The lowest BCUT2D eigenvalue weighted by molar-refractivity contribution is -0.0587. The third-order valence-electron chi connectivity index (χ3n) is 3.84. The highest BCUT2D eigenvalue weighted by Crippen LogP contribution is 2.26. The van der Waals surface area contributed by atoms with Crippen molar-refractivity contribution in [3.05, 3.63) is 35.3 Å². The monoisotopic (exact) mass is 346 g/mol.